The zero-order valence-corrected chi connectivity index (χ0v) is 20.5. The Balaban J connectivity index is 1.51. The number of hydrogen-bond acceptors (Lipinski definition) is 5. The monoisotopic (exact) mass is 492 g/mol. The lowest BCUT2D eigenvalue weighted by atomic mass is 10.1. The number of fused-ring (bicyclic) bond motifs is 1. The van der Waals surface area contributed by atoms with Gasteiger partial charge in [0.2, 0.25) is 11.8 Å². The standard InChI is InChI=1S/C27H32N4O5/c1-19-9-10-23-22(17-19)26(34)29-11-15-30(13-3-7-24(32)28-12-16-36-23)27(35)20-5-2-6-21(18-20)31-14-4-8-25(31)33/h2,5-6,9-10,17-18H,3-4,7-8,11-16H2,1H3,(H,28,32)(H,29,34). The number of carbonyl (C=O) groups is 4. The average molecular weight is 493 g/mol. The molecule has 0 bridgehead atoms. The summed E-state index contributed by atoms with van der Waals surface area (Å²) in [4.78, 5) is 54.1. The molecular formula is C27H32N4O5. The molecule has 2 heterocycles. The average Bonchev–Trinajstić information content (AvgIpc) is 3.31. The van der Waals surface area contributed by atoms with Crippen LogP contribution in [-0.4, -0.2) is 67.9 Å². The third-order valence-corrected chi connectivity index (χ3v) is 6.33. The van der Waals surface area contributed by atoms with E-state index in [-0.39, 0.29) is 49.7 Å². The first-order valence-corrected chi connectivity index (χ1v) is 12.4. The number of rotatable bonds is 2. The molecule has 190 valence electrons. The van der Waals surface area contributed by atoms with Crippen molar-refractivity contribution in [1.82, 2.24) is 15.5 Å². The Morgan fingerprint density at radius 1 is 0.917 bits per heavy atom. The number of carbonyl (C=O) groups excluding carboxylic acids is 4. The molecule has 36 heavy (non-hydrogen) atoms. The van der Waals surface area contributed by atoms with Crippen molar-refractivity contribution < 1.29 is 23.9 Å². The number of aryl methyl sites for hydroxylation is 1. The van der Waals surface area contributed by atoms with Crippen LogP contribution in [0.5, 0.6) is 5.75 Å². The normalized spacial score (nSPS) is 17.9. The van der Waals surface area contributed by atoms with Crippen molar-refractivity contribution >= 4 is 29.3 Å². The first-order valence-electron chi connectivity index (χ1n) is 12.4. The molecule has 2 aliphatic rings. The molecule has 4 amide bonds. The molecule has 0 spiro atoms. The second-order valence-electron chi connectivity index (χ2n) is 9.05. The van der Waals surface area contributed by atoms with Crippen LogP contribution in [0.1, 0.15) is 52.0 Å². The van der Waals surface area contributed by atoms with E-state index in [1.807, 2.05) is 19.1 Å². The molecule has 0 saturated carbocycles. The van der Waals surface area contributed by atoms with Gasteiger partial charge >= 0.3 is 0 Å². The molecule has 4 rings (SSSR count). The Kier molecular flexibility index (Phi) is 8.20. The van der Waals surface area contributed by atoms with Crippen molar-refractivity contribution in [1.29, 1.82) is 0 Å². The van der Waals surface area contributed by atoms with Gasteiger partial charge in [0, 0.05) is 50.3 Å². The van der Waals surface area contributed by atoms with E-state index >= 15 is 0 Å². The van der Waals surface area contributed by atoms with Crippen LogP contribution < -0.4 is 20.3 Å². The molecule has 2 N–H and O–H groups in total. The van der Waals surface area contributed by atoms with Crippen LogP contribution in [0.2, 0.25) is 0 Å². The second-order valence-corrected chi connectivity index (χ2v) is 9.05. The van der Waals surface area contributed by atoms with Crippen molar-refractivity contribution in [3.8, 4) is 5.75 Å². The number of nitrogens with zero attached hydrogens (tertiary/aromatic N) is 2. The van der Waals surface area contributed by atoms with Crippen molar-refractivity contribution in [3.05, 3.63) is 59.2 Å². The van der Waals surface area contributed by atoms with Crippen molar-refractivity contribution in [2.24, 2.45) is 0 Å². The molecule has 0 atom stereocenters. The summed E-state index contributed by atoms with van der Waals surface area (Å²) in [5.41, 5.74) is 2.51. The topological polar surface area (TPSA) is 108 Å². The zero-order chi connectivity index (χ0) is 25.5. The summed E-state index contributed by atoms with van der Waals surface area (Å²) in [5.74, 6) is -0.101. The van der Waals surface area contributed by atoms with Crippen LogP contribution >= 0.6 is 0 Å². The van der Waals surface area contributed by atoms with Crippen LogP contribution in [0.3, 0.4) is 0 Å². The molecule has 9 nitrogen and oxygen atoms in total. The number of amides is 4. The Bertz CT molecular complexity index is 1150. The Labute approximate surface area is 210 Å². The second kappa shape index (κ2) is 11.7. The van der Waals surface area contributed by atoms with Gasteiger partial charge in [-0.2, -0.15) is 0 Å². The molecule has 0 aromatic heterocycles. The highest BCUT2D eigenvalue weighted by molar-refractivity contribution is 5.99. The SMILES string of the molecule is Cc1ccc2c(c1)C(=O)NCCN(C(=O)c1cccc(N3CCCC3=O)c1)CCCC(=O)NCCO2. The van der Waals surface area contributed by atoms with Crippen molar-refractivity contribution in [2.75, 3.05) is 44.2 Å². The van der Waals surface area contributed by atoms with E-state index in [1.165, 1.54) is 0 Å². The lowest BCUT2D eigenvalue weighted by Gasteiger charge is -2.24. The van der Waals surface area contributed by atoms with Gasteiger partial charge in [-0.3, -0.25) is 19.2 Å². The van der Waals surface area contributed by atoms with E-state index in [2.05, 4.69) is 10.6 Å². The number of anilines is 1. The third kappa shape index (κ3) is 6.21. The van der Waals surface area contributed by atoms with Crippen molar-refractivity contribution in [2.45, 2.75) is 32.6 Å². The van der Waals surface area contributed by atoms with E-state index in [9.17, 15) is 19.2 Å². The van der Waals surface area contributed by atoms with Crippen LogP contribution in [0, 0.1) is 6.92 Å². The fourth-order valence-electron chi connectivity index (χ4n) is 4.44. The van der Waals surface area contributed by atoms with Gasteiger partial charge in [-0.25, -0.2) is 0 Å². The smallest absolute Gasteiger partial charge is 0.255 e. The molecule has 9 heteroatoms. The van der Waals surface area contributed by atoms with Gasteiger partial charge in [-0.15, -0.1) is 0 Å². The molecule has 0 aliphatic carbocycles. The first kappa shape index (κ1) is 25.2. The van der Waals surface area contributed by atoms with Crippen LogP contribution in [-0.2, 0) is 9.59 Å². The van der Waals surface area contributed by atoms with Gasteiger partial charge in [0.1, 0.15) is 12.4 Å². The largest absolute Gasteiger partial charge is 0.491 e. The van der Waals surface area contributed by atoms with Gasteiger partial charge in [0.05, 0.1) is 12.1 Å². The van der Waals surface area contributed by atoms with Crippen LogP contribution in [0.25, 0.3) is 0 Å². The summed E-state index contributed by atoms with van der Waals surface area (Å²) < 4.78 is 5.75. The molecule has 0 unspecified atom stereocenters. The summed E-state index contributed by atoms with van der Waals surface area (Å²) in [5, 5.41) is 5.71. The Morgan fingerprint density at radius 3 is 2.56 bits per heavy atom. The van der Waals surface area contributed by atoms with E-state index in [0.717, 1.165) is 12.0 Å². The predicted molar refractivity (Wildman–Crippen MR) is 135 cm³/mol. The van der Waals surface area contributed by atoms with Gasteiger partial charge < -0.3 is 25.2 Å². The molecule has 0 radical (unpaired) electrons. The maximum absolute atomic E-state index is 13.4. The van der Waals surface area contributed by atoms with Crippen LogP contribution in [0.15, 0.2) is 42.5 Å². The minimum Gasteiger partial charge on any atom is -0.491 e. The lowest BCUT2D eigenvalue weighted by molar-refractivity contribution is -0.121. The Hall–Kier alpha value is -3.88. The van der Waals surface area contributed by atoms with Gasteiger partial charge in [0.25, 0.3) is 11.8 Å². The summed E-state index contributed by atoms with van der Waals surface area (Å²) >= 11 is 0. The number of ether oxygens (including phenoxy) is 1. The van der Waals surface area contributed by atoms with Crippen molar-refractivity contribution in [3.63, 3.8) is 0 Å². The number of benzene rings is 2. The highest BCUT2D eigenvalue weighted by Gasteiger charge is 2.24. The highest BCUT2D eigenvalue weighted by Crippen LogP contribution is 2.23. The first-order chi connectivity index (χ1) is 17.4. The maximum Gasteiger partial charge on any atom is 0.255 e. The minimum absolute atomic E-state index is 0.0574. The number of nitrogens with one attached hydrogen (secondary N) is 2. The van der Waals surface area contributed by atoms with Gasteiger partial charge in [0.15, 0.2) is 0 Å². The molecular weight excluding hydrogens is 460 g/mol. The van der Waals surface area contributed by atoms with Gasteiger partial charge in [-0.1, -0.05) is 17.7 Å². The summed E-state index contributed by atoms with van der Waals surface area (Å²) in [7, 11) is 0. The van der Waals surface area contributed by atoms with E-state index in [1.54, 1.807) is 40.1 Å². The zero-order valence-electron chi connectivity index (χ0n) is 20.5. The molecule has 1 saturated heterocycles. The van der Waals surface area contributed by atoms with E-state index in [4.69, 9.17) is 4.74 Å². The van der Waals surface area contributed by atoms with E-state index < -0.39 is 0 Å². The summed E-state index contributed by atoms with van der Waals surface area (Å²) in [6, 6.07) is 12.4. The Morgan fingerprint density at radius 2 is 1.75 bits per heavy atom. The molecule has 2 aliphatic heterocycles. The highest BCUT2D eigenvalue weighted by atomic mass is 16.5. The lowest BCUT2D eigenvalue weighted by Crippen LogP contribution is -2.39. The summed E-state index contributed by atoms with van der Waals surface area (Å²) in [6.45, 7) is 3.99. The maximum atomic E-state index is 13.4. The van der Waals surface area contributed by atoms with E-state index in [0.29, 0.717) is 55.0 Å². The molecule has 2 aromatic rings. The minimum atomic E-state index is -0.283. The van der Waals surface area contributed by atoms with Crippen LogP contribution in [0.4, 0.5) is 5.69 Å². The summed E-state index contributed by atoms with van der Waals surface area (Å²) in [6.07, 6.45) is 2.07. The predicted octanol–water partition coefficient (Wildman–Crippen LogP) is 2.28. The molecule has 1 fully saturated rings. The quantitative estimate of drug-likeness (QED) is 0.669. The third-order valence-electron chi connectivity index (χ3n) is 6.33. The fraction of sp³-hybridized carbons (Fsp3) is 0.407. The fourth-order valence-corrected chi connectivity index (χ4v) is 4.44. The van der Waals surface area contributed by atoms with Gasteiger partial charge in [-0.05, 0) is 50.1 Å². The molecule has 2 aromatic carbocycles. The number of hydrogen-bond donors (Lipinski definition) is 2.